The molecular weight excluding hydrogens is 132 g/mol. The molecule has 0 aromatic carbocycles. The van der Waals surface area contributed by atoms with Crippen molar-refractivity contribution in [1.29, 1.82) is 0 Å². The van der Waals surface area contributed by atoms with E-state index in [2.05, 4.69) is 6.92 Å². The van der Waals surface area contributed by atoms with Crippen molar-refractivity contribution in [2.75, 3.05) is 13.2 Å². The minimum Gasteiger partial charge on any atom is -0.394 e. The predicted octanol–water partition coefficient (Wildman–Crippen LogP) is 0.520. The van der Waals surface area contributed by atoms with E-state index in [1.54, 1.807) is 0 Å². The number of ether oxygens (including phenoxy) is 2. The summed E-state index contributed by atoms with van der Waals surface area (Å²) in [6, 6.07) is 0. The molecule has 1 fully saturated rings. The first-order valence-corrected chi connectivity index (χ1v) is 3.74. The van der Waals surface area contributed by atoms with Crippen molar-refractivity contribution in [2.45, 2.75) is 32.2 Å². The van der Waals surface area contributed by atoms with E-state index in [1.165, 1.54) is 0 Å². The summed E-state index contributed by atoms with van der Waals surface area (Å²) in [5, 5.41) is 8.65. The van der Waals surface area contributed by atoms with E-state index in [0.717, 1.165) is 12.8 Å². The first-order chi connectivity index (χ1) is 4.86. The summed E-state index contributed by atoms with van der Waals surface area (Å²) >= 11 is 0. The molecule has 0 amide bonds. The highest BCUT2D eigenvalue weighted by Crippen LogP contribution is 2.14. The number of rotatable bonds is 3. The Hall–Kier alpha value is -0.120. The summed E-state index contributed by atoms with van der Waals surface area (Å²) in [6.45, 7) is 2.69. The summed E-state index contributed by atoms with van der Waals surface area (Å²) in [4.78, 5) is 0. The fourth-order valence-corrected chi connectivity index (χ4v) is 0.991. The van der Waals surface area contributed by atoms with Gasteiger partial charge in [0, 0.05) is 0 Å². The van der Waals surface area contributed by atoms with Crippen LogP contribution in [0.5, 0.6) is 0 Å². The van der Waals surface area contributed by atoms with Crippen LogP contribution in [-0.2, 0) is 9.47 Å². The van der Waals surface area contributed by atoms with Crippen LogP contribution in [0.2, 0.25) is 0 Å². The third-order valence-electron chi connectivity index (χ3n) is 1.54. The minimum absolute atomic E-state index is 0.0675. The van der Waals surface area contributed by atoms with Gasteiger partial charge in [0.15, 0.2) is 6.29 Å². The summed E-state index contributed by atoms with van der Waals surface area (Å²) in [5.41, 5.74) is 0. The molecule has 1 saturated heterocycles. The molecule has 60 valence electrons. The molecule has 0 aliphatic carbocycles. The highest BCUT2D eigenvalue weighted by molar-refractivity contribution is 4.62. The molecule has 0 spiro atoms. The molecule has 0 aromatic heterocycles. The van der Waals surface area contributed by atoms with Gasteiger partial charge in [-0.3, -0.25) is 0 Å². The Morgan fingerprint density at radius 3 is 2.90 bits per heavy atom. The topological polar surface area (TPSA) is 38.7 Å². The van der Waals surface area contributed by atoms with Gasteiger partial charge in [0.2, 0.25) is 0 Å². The zero-order chi connectivity index (χ0) is 7.40. The second-order valence-corrected chi connectivity index (χ2v) is 2.49. The van der Waals surface area contributed by atoms with Gasteiger partial charge in [0.05, 0.1) is 13.2 Å². The van der Waals surface area contributed by atoms with Gasteiger partial charge in [-0.05, 0) is 6.42 Å². The van der Waals surface area contributed by atoms with E-state index in [1.807, 2.05) is 0 Å². The molecule has 2 atom stereocenters. The van der Waals surface area contributed by atoms with Gasteiger partial charge >= 0.3 is 0 Å². The third kappa shape index (κ3) is 1.94. The van der Waals surface area contributed by atoms with Gasteiger partial charge in [0.1, 0.15) is 6.10 Å². The monoisotopic (exact) mass is 146 g/mol. The lowest BCUT2D eigenvalue weighted by Crippen LogP contribution is -2.16. The molecule has 1 rings (SSSR count). The largest absolute Gasteiger partial charge is 0.394 e. The van der Waals surface area contributed by atoms with E-state index in [-0.39, 0.29) is 19.0 Å². The number of hydrogen-bond acceptors (Lipinski definition) is 3. The molecule has 0 aromatic rings. The summed E-state index contributed by atoms with van der Waals surface area (Å²) in [7, 11) is 0. The SMILES string of the molecule is CCC[C@H]1OC[C@@H](CO)O1. The Morgan fingerprint density at radius 1 is 1.60 bits per heavy atom. The van der Waals surface area contributed by atoms with Crippen LogP contribution in [0.1, 0.15) is 19.8 Å². The van der Waals surface area contributed by atoms with Crippen molar-refractivity contribution in [3.8, 4) is 0 Å². The maximum absolute atomic E-state index is 8.65. The number of aliphatic hydroxyl groups excluding tert-OH is 1. The first-order valence-electron chi connectivity index (χ1n) is 3.74. The van der Waals surface area contributed by atoms with E-state index >= 15 is 0 Å². The van der Waals surface area contributed by atoms with E-state index < -0.39 is 0 Å². The van der Waals surface area contributed by atoms with Gasteiger partial charge in [0.25, 0.3) is 0 Å². The van der Waals surface area contributed by atoms with Crippen molar-refractivity contribution < 1.29 is 14.6 Å². The standard InChI is InChI=1S/C7H14O3/c1-2-3-7-9-5-6(4-8)10-7/h6-8H,2-5H2,1H3/t6-,7+/m1/s1. The van der Waals surface area contributed by atoms with Crippen LogP contribution in [0, 0.1) is 0 Å². The van der Waals surface area contributed by atoms with Crippen molar-refractivity contribution >= 4 is 0 Å². The molecule has 1 N–H and O–H groups in total. The third-order valence-corrected chi connectivity index (χ3v) is 1.54. The van der Waals surface area contributed by atoms with E-state index in [9.17, 15) is 0 Å². The smallest absolute Gasteiger partial charge is 0.158 e. The molecular formula is C7H14O3. The number of hydrogen-bond donors (Lipinski definition) is 1. The van der Waals surface area contributed by atoms with Crippen LogP contribution < -0.4 is 0 Å². The van der Waals surface area contributed by atoms with Crippen LogP contribution in [0.25, 0.3) is 0 Å². The predicted molar refractivity (Wildman–Crippen MR) is 36.6 cm³/mol. The molecule has 10 heavy (non-hydrogen) atoms. The van der Waals surface area contributed by atoms with Gasteiger partial charge in [-0.2, -0.15) is 0 Å². The molecule has 0 bridgehead atoms. The van der Waals surface area contributed by atoms with Crippen molar-refractivity contribution in [1.82, 2.24) is 0 Å². The van der Waals surface area contributed by atoms with Crippen LogP contribution in [-0.4, -0.2) is 30.7 Å². The normalized spacial score (nSPS) is 33.0. The maximum Gasteiger partial charge on any atom is 0.158 e. The fraction of sp³-hybridized carbons (Fsp3) is 1.00. The van der Waals surface area contributed by atoms with Crippen molar-refractivity contribution in [3.05, 3.63) is 0 Å². The van der Waals surface area contributed by atoms with Gasteiger partial charge in [-0.15, -0.1) is 0 Å². The molecule has 1 heterocycles. The summed E-state index contributed by atoms with van der Waals surface area (Å²) in [6.07, 6.45) is 1.83. The number of aliphatic hydroxyl groups is 1. The molecule has 1 aliphatic heterocycles. The molecule has 0 unspecified atom stereocenters. The van der Waals surface area contributed by atoms with Gasteiger partial charge in [-0.25, -0.2) is 0 Å². The minimum atomic E-state index is -0.0865. The second kappa shape index (κ2) is 3.91. The van der Waals surface area contributed by atoms with Gasteiger partial charge < -0.3 is 14.6 Å². The molecule has 3 nitrogen and oxygen atoms in total. The zero-order valence-corrected chi connectivity index (χ0v) is 6.25. The Morgan fingerprint density at radius 2 is 2.40 bits per heavy atom. The Bertz CT molecular complexity index is 94.9. The molecule has 1 aliphatic rings. The highest BCUT2D eigenvalue weighted by atomic mass is 16.7. The van der Waals surface area contributed by atoms with Crippen LogP contribution >= 0.6 is 0 Å². The quantitative estimate of drug-likeness (QED) is 0.631. The van der Waals surface area contributed by atoms with Crippen molar-refractivity contribution in [3.63, 3.8) is 0 Å². The van der Waals surface area contributed by atoms with Crippen LogP contribution in [0.3, 0.4) is 0 Å². The molecule has 0 radical (unpaired) electrons. The molecule has 0 saturated carbocycles. The first kappa shape index (κ1) is 7.98. The van der Waals surface area contributed by atoms with E-state index in [0.29, 0.717) is 6.61 Å². The lowest BCUT2D eigenvalue weighted by Gasteiger charge is -2.07. The average molecular weight is 146 g/mol. The van der Waals surface area contributed by atoms with E-state index in [4.69, 9.17) is 14.6 Å². The fourth-order valence-electron chi connectivity index (χ4n) is 0.991. The summed E-state index contributed by atoms with van der Waals surface area (Å²) in [5.74, 6) is 0. The Balaban J connectivity index is 2.15. The zero-order valence-electron chi connectivity index (χ0n) is 6.25. The second-order valence-electron chi connectivity index (χ2n) is 2.49. The lowest BCUT2D eigenvalue weighted by molar-refractivity contribution is -0.0692. The molecule has 3 heteroatoms. The summed E-state index contributed by atoms with van der Waals surface area (Å²) < 4.78 is 10.5. The Labute approximate surface area is 60.9 Å². The van der Waals surface area contributed by atoms with Gasteiger partial charge in [-0.1, -0.05) is 13.3 Å². The average Bonchev–Trinajstić information content (AvgIpc) is 2.37. The van der Waals surface area contributed by atoms with Crippen LogP contribution in [0.15, 0.2) is 0 Å². The van der Waals surface area contributed by atoms with Crippen LogP contribution in [0.4, 0.5) is 0 Å². The highest BCUT2D eigenvalue weighted by Gasteiger charge is 2.23. The Kier molecular flexibility index (Phi) is 3.12. The maximum atomic E-state index is 8.65. The lowest BCUT2D eigenvalue weighted by atomic mass is 10.3. The van der Waals surface area contributed by atoms with Crippen molar-refractivity contribution in [2.24, 2.45) is 0 Å².